The lowest BCUT2D eigenvalue weighted by Gasteiger charge is -2.12. The third kappa shape index (κ3) is 8.57. The molecule has 0 aliphatic carbocycles. The highest BCUT2D eigenvalue weighted by atomic mass is 127. The second-order valence-electron chi connectivity index (χ2n) is 5.89. The van der Waals surface area contributed by atoms with Gasteiger partial charge in [-0.1, -0.05) is 30.3 Å². The Hall–Kier alpha value is -1.87. The van der Waals surface area contributed by atoms with Crippen LogP contribution >= 0.6 is 24.0 Å². The molecular weight excluding hydrogens is 455 g/mol. The van der Waals surface area contributed by atoms with E-state index in [0.29, 0.717) is 13.1 Å². The number of aliphatic imine (C=N–C) groups is 1. The molecule has 0 fully saturated rings. The van der Waals surface area contributed by atoms with Crippen LogP contribution in [0.25, 0.3) is 0 Å². The van der Waals surface area contributed by atoms with Gasteiger partial charge in [-0.3, -0.25) is 9.79 Å². The number of nitrogens with one attached hydrogen (secondary N) is 2. The maximum Gasteiger partial charge on any atom is 0.250 e. The van der Waals surface area contributed by atoms with Crippen molar-refractivity contribution >= 4 is 29.9 Å². The number of hydrogen-bond donors (Lipinski definition) is 2. The molecule has 0 saturated carbocycles. The van der Waals surface area contributed by atoms with E-state index in [1.54, 1.807) is 29.9 Å². The van der Waals surface area contributed by atoms with E-state index < -0.39 is 0 Å². The molecule has 27 heavy (non-hydrogen) atoms. The number of guanidine groups is 1. The van der Waals surface area contributed by atoms with Crippen molar-refractivity contribution in [2.24, 2.45) is 4.99 Å². The Morgan fingerprint density at radius 2 is 1.85 bits per heavy atom. The summed E-state index contributed by atoms with van der Waals surface area (Å²) < 4.78 is 7.01. The van der Waals surface area contributed by atoms with Crippen LogP contribution in [0.5, 0.6) is 0 Å². The van der Waals surface area contributed by atoms with E-state index >= 15 is 0 Å². The molecule has 2 aromatic rings. The van der Waals surface area contributed by atoms with Crippen molar-refractivity contribution in [2.45, 2.75) is 26.4 Å². The van der Waals surface area contributed by atoms with Crippen LogP contribution in [0, 0.1) is 0 Å². The molecule has 1 heterocycles. The maximum absolute atomic E-state index is 11.8. The van der Waals surface area contributed by atoms with Crippen molar-refractivity contribution in [1.29, 1.82) is 0 Å². The van der Waals surface area contributed by atoms with E-state index in [1.165, 1.54) is 0 Å². The number of ether oxygens (including phenoxy) is 1. The topological polar surface area (TPSA) is 67.7 Å². The zero-order valence-corrected chi connectivity index (χ0v) is 18.3. The van der Waals surface area contributed by atoms with Gasteiger partial charge in [0.15, 0.2) is 5.96 Å². The van der Waals surface area contributed by atoms with Gasteiger partial charge in [0.1, 0.15) is 0 Å². The molecule has 2 rings (SSSR count). The highest BCUT2D eigenvalue weighted by molar-refractivity contribution is 14.0. The van der Waals surface area contributed by atoms with E-state index in [0.717, 1.165) is 43.3 Å². The second-order valence-corrected chi connectivity index (χ2v) is 5.89. The molecule has 1 aromatic carbocycles. The molecule has 0 atom stereocenters. The second kappa shape index (κ2) is 13.3. The smallest absolute Gasteiger partial charge is 0.250 e. The van der Waals surface area contributed by atoms with Gasteiger partial charge >= 0.3 is 0 Å². The average molecular weight is 484 g/mol. The number of rotatable bonds is 9. The molecule has 7 heteroatoms. The quantitative estimate of drug-likeness (QED) is 0.249. The van der Waals surface area contributed by atoms with E-state index in [4.69, 9.17) is 4.74 Å². The molecule has 0 saturated heterocycles. The Labute approximate surface area is 178 Å². The molecule has 2 N–H and O–H groups in total. The predicted molar refractivity (Wildman–Crippen MR) is 121 cm³/mol. The highest BCUT2D eigenvalue weighted by Gasteiger charge is 2.00. The summed E-state index contributed by atoms with van der Waals surface area (Å²) in [5.74, 6) is 0.779. The monoisotopic (exact) mass is 484 g/mol. The molecule has 0 amide bonds. The Kier molecular flexibility index (Phi) is 11.4. The molecule has 0 radical (unpaired) electrons. The highest BCUT2D eigenvalue weighted by Crippen LogP contribution is 2.05. The van der Waals surface area contributed by atoms with Crippen LogP contribution in [0.1, 0.15) is 24.5 Å². The van der Waals surface area contributed by atoms with Gasteiger partial charge < -0.3 is 19.9 Å². The number of halogens is 1. The van der Waals surface area contributed by atoms with Gasteiger partial charge in [0.25, 0.3) is 5.56 Å². The summed E-state index contributed by atoms with van der Waals surface area (Å²) in [6.45, 7) is 5.60. The molecule has 0 aliphatic rings. The Morgan fingerprint density at radius 3 is 2.52 bits per heavy atom. The van der Waals surface area contributed by atoms with Crippen LogP contribution < -0.4 is 16.2 Å². The number of hydrogen-bond acceptors (Lipinski definition) is 3. The Morgan fingerprint density at radius 1 is 1.11 bits per heavy atom. The zero-order valence-electron chi connectivity index (χ0n) is 16.0. The first-order valence-corrected chi connectivity index (χ1v) is 8.98. The molecule has 0 bridgehead atoms. The molecule has 6 nitrogen and oxygen atoms in total. The van der Waals surface area contributed by atoms with E-state index in [-0.39, 0.29) is 29.5 Å². The van der Waals surface area contributed by atoms with Crippen LogP contribution in [-0.2, 0) is 17.8 Å². The van der Waals surface area contributed by atoms with Crippen molar-refractivity contribution in [3.8, 4) is 0 Å². The fourth-order valence-corrected chi connectivity index (χ4v) is 2.48. The summed E-state index contributed by atoms with van der Waals surface area (Å²) in [5.41, 5.74) is 2.27. The van der Waals surface area contributed by atoms with Crippen LogP contribution in [-0.4, -0.2) is 37.3 Å². The fourth-order valence-electron chi connectivity index (χ4n) is 2.48. The van der Waals surface area contributed by atoms with Crippen LogP contribution in [0.3, 0.4) is 0 Å². The van der Waals surface area contributed by atoms with Crippen LogP contribution in [0.2, 0.25) is 0 Å². The van der Waals surface area contributed by atoms with Gasteiger partial charge in [-0.15, -0.1) is 24.0 Å². The van der Waals surface area contributed by atoms with Crippen molar-refractivity contribution in [3.05, 3.63) is 70.1 Å². The van der Waals surface area contributed by atoms with Crippen molar-refractivity contribution in [1.82, 2.24) is 15.2 Å². The molecule has 148 valence electrons. The van der Waals surface area contributed by atoms with E-state index in [1.807, 2.05) is 13.0 Å². The third-order valence-electron chi connectivity index (χ3n) is 3.92. The number of nitrogens with zero attached hydrogens (tertiary/aromatic N) is 2. The van der Waals surface area contributed by atoms with Gasteiger partial charge in [0, 0.05) is 45.6 Å². The lowest BCUT2D eigenvalue weighted by molar-refractivity contribution is 0.145. The van der Waals surface area contributed by atoms with E-state index in [9.17, 15) is 4.79 Å². The molecular formula is C20H29IN4O2. The van der Waals surface area contributed by atoms with Gasteiger partial charge in [-0.25, -0.2) is 0 Å². The normalized spacial score (nSPS) is 11.0. The van der Waals surface area contributed by atoms with Gasteiger partial charge in [0.05, 0.1) is 6.54 Å². The molecule has 0 unspecified atom stereocenters. The summed E-state index contributed by atoms with van der Waals surface area (Å²) in [4.78, 5) is 16.0. The Bertz CT molecular complexity index is 744. The van der Waals surface area contributed by atoms with Gasteiger partial charge in [0.2, 0.25) is 0 Å². The van der Waals surface area contributed by atoms with Crippen molar-refractivity contribution in [3.63, 3.8) is 0 Å². The van der Waals surface area contributed by atoms with Crippen LogP contribution in [0.4, 0.5) is 0 Å². The van der Waals surface area contributed by atoms with Crippen molar-refractivity contribution in [2.75, 3.05) is 26.8 Å². The summed E-state index contributed by atoms with van der Waals surface area (Å²) in [5, 5.41) is 6.57. The first-order chi connectivity index (χ1) is 12.7. The summed E-state index contributed by atoms with van der Waals surface area (Å²) in [6, 6.07) is 13.4. The van der Waals surface area contributed by atoms with Gasteiger partial charge in [-0.2, -0.15) is 0 Å². The summed E-state index contributed by atoms with van der Waals surface area (Å²) in [7, 11) is 1.76. The van der Waals surface area contributed by atoms with Crippen LogP contribution in [0.15, 0.2) is 58.4 Å². The first kappa shape index (κ1) is 23.2. The minimum atomic E-state index is 0. The summed E-state index contributed by atoms with van der Waals surface area (Å²) in [6.07, 6.45) is 2.75. The largest absolute Gasteiger partial charge is 0.382 e. The third-order valence-corrected chi connectivity index (χ3v) is 3.92. The lowest BCUT2D eigenvalue weighted by Crippen LogP contribution is -2.37. The average Bonchev–Trinajstić information content (AvgIpc) is 2.67. The molecule has 0 spiro atoms. The number of pyridine rings is 1. The molecule has 1 aromatic heterocycles. The molecule has 0 aliphatic heterocycles. The van der Waals surface area contributed by atoms with E-state index in [2.05, 4.69) is 39.9 Å². The van der Waals surface area contributed by atoms with Crippen molar-refractivity contribution < 1.29 is 4.74 Å². The minimum Gasteiger partial charge on any atom is -0.382 e. The van der Waals surface area contributed by atoms with Gasteiger partial charge in [-0.05, 0) is 30.5 Å². The zero-order chi connectivity index (χ0) is 18.6. The fraction of sp³-hybridized carbons (Fsp3) is 0.400. The first-order valence-electron chi connectivity index (χ1n) is 8.98. The predicted octanol–water partition coefficient (Wildman–Crippen LogP) is 2.61. The minimum absolute atomic E-state index is 0. The lowest BCUT2D eigenvalue weighted by atomic mass is 10.1. The number of benzene rings is 1. The summed E-state index contributed by atoms with van der Waals surface area (Å²) >= 11 is 0. The Balaban J connectivity index is 0.00000364. The number of aromatic nitrogens is 1. The standard InChI is InChI=1S/C20H28N4O2.HI/c1-3-26-14-6-12-22-20(21-2)23-15-17-8-10-18(11-9-17)16-24-13-5-4-7-19(24)25;/h4-5,7-11,13H,3,6,12,14-16H2,1-2H3,(H2,21,22,23);1H. The SMILES string of the molecule is CCOCCCNC(=NC)NCc1ccc(Cn2ccccc2=O)cc1.I. The maximum atomic E-state index is 11.8.